The fraction of sp³-hybridized carbons (Fsp3) is 0.700. The summed E-state index contributed by atoms with van der Waals surface area (Å²) in [4.78, 5) is 0. The number of rotatable bonds is 3. The molecule has 0 spiro atoms. The molecule has 4 heteroatoms. The van der Waals surface area contributed by atoms with Crippen molar-refractivity contribution in [1.29, 1.82) is 5.26 Å². The Morgan fingerprint density at radius 3 is 2.71 bits per heavy atom. The van der Waals surface area contributed by atoms with Crippen LogP contribution in [0.5, 0.6) is 0 Å². The first kappa shape index (κ1) is 11.0. The molecule has 0 aromatic heterocycles. The van der Waals surface area contributed by atoms with Crippen LogP contribution >= 0.6 is 0 Å². The maximum absolute atomic E-state index is 8.42. The second kappa shape index (κ2) is 4.99. The summed E-state index contributed by atoms with van der Waals surface area (Å²) >= 11 is 0. The van der Waals surface area contributed by atoms with E-state index in [4.69, 9.17) is 19.5 Å². The Balaban J connectivity index is 2.60. The molecule has 0 fully saturated rings. The summed E-state index contributed by atoms with van der Waals surface area (Å²) in [5.74, 6) is 0. The van der Waals surface area contributed by atoms with E-state index >= 15 is 0 Å². The molecular formula is C10H15NO3. The molecule has 0 radical (unpaired) electrons. The minimum atomic E-state index is -0.491. The normalized spacial score (nSPS) is 31.5. The lowest BCUT2D eigenvalue weighted by molar-refractivity contribution is -0.215. The molecule has 1 aliphatic rings. The fourth-order valence-electron chi connectivity index (χ4n) is 1.22. The molecule has 0 unspecified atom stereocenters. The third-order valence-corrected chi connectivity index (χ3v) is 1.78. The van der Waals surface area contributed by atoms with Crippen molar-refractivity contribution in [2.45, 2.75) is 45.4 Å². The molecule has 0 amide bonds. The van der Waals surface area contributed by atoms with Gasteiger partial charge in [-0.3, -0.25) is 0 Å². The van der Waals surface area contributed by atoms with Crippen LogP contribution in [0.25, 0.3) is 0 Å². The summed E-state index contributed by atoms with van der Waals surface area (Å²) in [7, 11) is 0. The van der Waals surface area contributed by atoms with Crippen LogP contribution in [0.3, 0.4) is 0 Å². The first-order valence-corrected chi connectivity index (χ1v) is 4.67. The van der Waals surface area contributed by atoms with Gasteiger partial charge in [-0.1, -0.05) is 6.08 Å². The molecule has 0 aliphatic carbocycles. The Kier molecular flexibility index (Phi) is 3.93. The van der Waals surface area contributed by atoms with Crippen LogP contribution in [0.15, 0.2) is 12.2 Å². The van der Waals surface area contributed by atoms with Crippen molar-refractivity contribution in [2.75, 3.05) is 0 Å². The molecule has 0 saturated carbocycles. The number of hydrogen-bond acceptors (Lipinski definition) is 4. The first-order chi connectivity index (χ1) is 6.63. The SMILES string of the molecule is CC(C)O[C@H]1O[C@H](C)C=C[C@H]1OC#N. The van der Waals surface area contributed by atoms with Crippen LogP contribution in [-0.4, -0.2) is 24.6 Å². The number of ether oxygens (including phenoxy) is 3. The molecular weight excluding hydrogens is 182 g/mol. The summed E-state index contributed by atoms with van der Waals surface area (Å²) < 4.78 is 15.8. The fourth-order valence-corrected chi connectivity index (χ4v) is 1.22. The Labute approximate surface area is 84.1 Å². The molecule has 0 N–H and O–H groups in total. The summed E-state index contributed by atoms with van der Waals surface area (Å²) in [5.41, 5.74) is 0. The highest BCUT2D eigenvalue weighted by Gasteiger charge is 2.28. The van der Waals surface area contributed by atoms with Crippen LogP contribution in [0.1, 0.15) is 20.8 Å². The number of hydrogen-bond donors (Lipinski definition) is 0. The van der Waals surface area contributed by atoms with Crippen LogP contribution in [0.4, 0.5) is 0 Å². The zero-order valence-electron chi connectivity index (χ0n) is 8.64. The molecule has 0 aromatic carbocycles. The minimum Gasteiger partial charge on any atom is -0.414 e. The zero-order chi connectivity index (χ0) is 10.6. The van der Waals surface area contributed by atoms with Crippen LogP contribution in [0, 0.1) is 11.5 Å². The van der Waals surface area contributed by atoms with E-state index in [1.54, 1.807) is 12.3 Å². The van der Waals surface area contributed by atoms with Gasteiger partial charge in [-0.25, -0.2) is 0 Å². The standard InChI is InChI=1S/C10H15NO3/c1-7(2)13-10-9(12-6-11)5-4-8(3)14-10/h4-5,7-10H,1-3H3/t8-,9-,10+/m1/s1. The van der Waals surface area contributed by atoms with E-state index in [1.165, 1.54) is 0 Å². The number of nitriles is 1. The molecule has 0 bridgehead atoms. The molecule has 1 heterocycles. The van der Waals surface area contributed by atoms with E-state index in [2.05, 4.69) is 0 Å². The predicted molar refractivity (Wildman–Crippen MR) is 50.2 cm³/mol. The third kappa shape index (κ3) is 3.02. The number of nitrogens with zero attached hydrogens (tertiary/aromatic N) is 1. The second-order valence-corrected chi connectivity index (χ2v) is 3.45. The van der Waals surface area contributed by atoms with E-state index in [1.807, 2.05) is 26.8 Å². The van der Waals surface area contributed by atoms with Crippen molar-refractivity contribution in [3.63, 3.8) is 0 Å². The van der Waals surface area contributed by atoms with Crippen molar-refractivity contribution in [3.05, 3.63) is 12.2 Å². The molecule has 1 rings (SSSR count). The Hall–Kier alpha value is -1.05. The van der Waals surface area contributed by atoms with E-state index in [0.29, 0.717) is 0 Å². The molecule has 78 valence electrons. The molecule has 3 atom stereocenters. The van der Waals surface area contributed by atoms with Crippen molar-refractivity contribution in [2.24, 2.45) is 0 Å². The van der Waals surface area contributed by atoms with E-state index in [0.717, 1.165) is 0 Å². The van der Waals surface area contributed by atoms with Crippen molar-refractivity contribution >= 4 is 0 Å². The second-order valence-electron chi connectivity index (χ2n) is 3.45. The Morgan fingerprint density at radius 2 is 2.14 bits per heavy atom. The lowest BCUT2D eigenvalue weighted by atomic mass is 10.2. The maximum atomic E-state index is 8.42. The molecule has 14 heavy (non-hydrogen) atoms. The van der Waals surface area contributed by atoms with Gasteiger partial charge in [0, 0.05) is 0 Å². The van der Waals surface area contributed by atoms with Gasteiger partial charge < -0.3 is 14.2 Å². The van der Waals surface area contributed by atoms with Crippen molar-refractivity contribution in [1.82, 2.24) is 0 Å². The highest BCUT2D eigenvalue weighted by Crippen LogP contribution is 2.17. The van der Waals surface area contributed by atoms with E-state index < -0.39 is 12.4 Å². The van der Waals surface area contributed by atoms with Crippen LogP contribution in [0.2, 0.25) is 0 Å². The van der Waals surface area contributed by atoms with Gasteiger partial charge >= 0.3 is 0 Å². The first-order valence-electron chi connectivity index (χ1n) is 4.67. The van der Waals surface area contributed by atoms with Gasteiger partial charge in [0.05, 0.1) is 12.2 Å². The molecule has 0 aromatic rings. The van der Waals surface area contributed by atoms with Crippen LogP contribution < -0.4 is 0 Å². The smallest absolute Gasteiger partial charge is 0.287 e. The highest BCUT2D eigenvalue weighted by atomic mass is 16.7. The van der Waals surface area contributed by atoms with Crippen molar-refractivity contribution < 1.29 is 14.2 Å². The Morgan fingerprint density at radius 1 is 1.43 bits per heavy atom. The average molecular weight is 197 g/mol. The van der Waals surface area contributed by atoms with Gasteiger partial charge in [-0.05, 0) is 26.8 Å². The van der Waals surface area contributed by atoms with Gasteiger partial charge in [0.2, 0.25) is 0 Å². The predicted octanol–water partition coefficient (Wildman–Crippen LogP) is 1.58. The molecule has 0 saturated heterocycles. The average Bonchev–Trinajstić information content (AvgIpc) is 2.09. The minimum absolute atomic E-state index is 0.00251. The van der Waals surface area contributed by atoms with Gasteiger partial charge in [0.1, 0.15) is 0 Å². The topological polar surface area (TPSA) is 51.5 Å². The van der Waals surface area contributed by atoms with Gasteiger partial charge in [-0.15, -0.1) is 0 Å². The van der Waals surface area contributed by atoms with Gasteiger partial charge in [-0.2, -0.15) is 5.26 Å². The lowest BCUT2D eigenvalue weighted by Crippen LogP contribution is -2.38. The van der Waals surface area contributed by atoms with Gasteiger partial charge in [0.15, 0.2) is 12.4 Å². The molecule has 1 aliphatic heterocycles. The summed E-state index contributed by atoms with van der Waals surface area (Å²) in [6, 6.07) is 0. The highest BCUT2D eigenvalue weighted by molar-refractivity contribution is 5.00. The summed E-state index contributed by atoms with van der Waals surface area (Å²) in [5, 5.41) is 8.42. The molecule has 4 nitrogen and oxygen atoms in total. The van der Waals surface area contributed by atoms with E-state index in [9.17, 15) is 0 Å². The maximum Gasteiger partial charge on any atom is 0.287 e. The largest absolute Gasteiger partial charge is 0.414 e. The van der Waals surface area contributed by atoms with E-state index in [-0.39, 0.29) is 12.2 Å². The monoisotopic (exact) mass is 197 g/mol. The lowest BCUT2D eigenvalue weighted by Gasteiger charge is -2.30. The third-order valence-electron chi connectivity index (χ3n) is 1.78. The summed E-state index contributed by atoms with van der Waals surface area (Å²) in [6.45, 7) is 5.74. The summed E-state index contributed by atoms with van der Waals surface area (Å²) in [6.07, 6.45) is 4.41. The van der Waals surface area contributed by atoms with Crippen molar-refractivity contribution in [3.8, 4) is 6.26 Å². The van der Waals surface area contributed by atoms with Crippen LogP contribution in [-0.2, 0) is 14.2 Å². The van der Waals surface area contributed by atoms with Gasteiger partial charge in [0.25, 0.3) is 6.26 Å². The Bertz CT molecular complexity index is 244. The zero-order valence-corrected chi connectivity index (χ0v) is 8.64. The quantitative estimate of drug-likeness (QED) is 0.509.